The molecule has 0 N–H and O–H groups in total. The molecule has 1 aromatic rings. The van der Waals surface area contributed by atoms with E-state index in [0.29, 0.717) is 6.04 Å². The lowest BCUT2D eigenvalue weighted by molar-refractivity contribution is 0.390. The maximum atomic E-state index is 4.63. The number of hydrogen-bond donors (Lipinski definition) is 0. The Morgan fingerprint density at radius 2 is 2.31 bits per heavy atom. The van der Waals surface area contributed by atoms with Gasteiger partial charge in [0.05, 0.1) is 0 Å². The second-order valence-electron chi connectivity index (χ2n) is 4.21. The van der Waals surface area contributed by atoms with E-state index in [1.807, 2.05) is 0 Å². The summed E-state index contributed by atoms with van der Waals surface area (Å²) in [4.78, 5) is 7.06. The summed E-state index contributed by atoms with van der Waals surface area (Å²) in [7, 11) is 0. The number of rotatable bonds is 6. The predicted octanol–water partition coefficient (Wildman–Crippen LogP) is 3.24. The van der Waals surface area contributed by atoms with Crippen LogP contribution < -0.4 is 4.90 Å². The summed E-state index contributed by atoms with van der Waals surface area (Å²) in [5.74, 6) is 1.02. The topological polar surface area (TPSA) is 29.0 Å². The molecule has 0 amide bonds. The van der Waals surface area contributed by atoms with E-state index in [0.717, 1.165) is 35.7 Å². The molecule has 3 nitrogen and oxygen atoms in total. The van der Waals surface area contributed by atoms with E-state index in [9.17, 15) is 0 Å². The minimum Gasteiger partial charge on any atom is -0.343 e. The van der Waals surface area contributed by atoms with Crippen LogP contribution in [0.25, 0.3) is 0 Å². The predicted molar refractivity (Wildman–Crippen MR) is 72.7 cm³/mol. The summed E-state index contributed by atoms with van der Waals surface area (Å²) in [6, 6.07) is 0.708. The molecule has 1 fully saturated rings. The Balaban J connectivity index is 2.04. The lowest BCUT2D eigenvalue weighted by Gasteiger charge is -2.36. The third-order valence-corrected chi connectivity index (χ3v) is 4.16. The molecular weight excluding hydrogens is 286 g/mol. The summed E-state index contributed by atoms with van der Waals surface area (Å²) in [6.45, 7) is 3.22. The quantitative estimate of drug-likeness (QED) is 0.756. The minimum atomic E-state index is 0.708. The lowest BCUT2D eigenvalue weighted by Crippen LogP contribution is -2.41. The van der Waals surface area contributed by atoms with Crippen LogP contribution in [0.2, 0.25) is 0 Å². The summed E-state index contributed by atoms with van der Waals surface area (Å²) >= 11 is 5.08. The second-order valence-corrected chi connectivity index (χ2v) is 5.73. The van der Waals surface area contributed by atoms with Gasteiger partial charge in [-0.3, -0.25) is 0 Å². The van der Waals surface area contributed by atoms with Crippen molar-refractivity contribution < 1.29 is 0 Å². The van der Waals surface area contributed by atoms with Gasteiger partial charge in [0, 0.05) is 35.9 Å². The van der Waals surface area contributed by atoms with Crippen molar-refractivity contribution in [2.45, 2.75) is 45.1 Å². The van der Waals surface area contributed by atoms with Crippen LogP contribution in [0.5, 0.6) is 0 Å². The van der Waals surface area contributed by atoms with Crippen molar-refractivity contribution >= 4 is 32.6 Å². The van der Waals surface area contributed by atoms with Gasteiger partial charge < -0.3 is 4.90 Å². The molecule has 0 aromatic carbocycles. The van der Waals surface area contributed by atoms with Gasteiger partial charge in [0.2, 0.25) is 5.13 Å². The van der Waals surface area contributed by atoms with Crippen LogP contribution in [0.1, 0.15) is 38.4 Å². The van der Waals surface area contributed by atoms with Crippen molar-refractivity contribution in [3.05, 3.63) is 5.82 Å². The monoisotopic (exact) mass is 303 g/mol. The van der Waals surface area contributed by atoms with Gasteiger partial charge in [-0.05, 0) is 25.7 Å². The molecule has 1 aliphatic rings. The Labute approximate surface area is 110 Å². The average Bonchev–Trinajstić information content (AvgIpc) is 2.63. The fourth-order valence-electron chi connectivity index (χ4n) is 1.91. The van der Waals surface area contributed by atoms with Gasteiger partial charge in [-0.1, -0.05) is 22.9 Å². The Hall–Kier alpha value is -0.160. The van der Waals surface area contributed by atoms with Crippen molar-refractivity contribution in [1.82, 2.24) is 9.36 Å². The molecule has 90 valence electrons. The molecule has 0 unspecified atom stereocenters. The van der Waals surface area contributed by atoms with Crippen LogP contribution in [-0.2, 0) is 6.42 Å². The van der Waals surface area contributed by atoms with Gasteiger partial charge in [-0.2, -0.15) is 4.37 Å². The molecule has 1 aliphatic carbocycles. The van der Waals surface area contributed by atoms with E-state index >= 15 is 0 Å². The zero-order chi connectivity index (χ0) is 11.4. The van der Waals surface area contributed by atoms with Gasteiger partial charge in [-0.15, -0.1) is 0 Å². The number of hydrogen-bond acceptors (Lipinski definition) is 4. The van der Waals surface area contributed by atoms with Crippen molar-refractivity contribution in [2.24, 2.45) is 0 Å². The minimum absolute atomic E-state index is 0.708. The van der Waals surface area contributed by atoms with Gasteiger partial charge in [0.25, 0.3) is 0 Å². The fraction of sp³-hybridized carbons (Fsp3) is 0.818. The van der Waals surface area contributed by atoms with Crippen molar-refractivity contribution in [3.8, 4) is 0 Å². The number of aromatic nitrogens is 2. The third kappa shape index (κ3) is 2.74. The molecule has 1 heterocycles. The van der Waals surface area contributed by atoms with Crippen LogP contribution in [0.15, 0.2) is 0 Å². The van der Waals surface area contributed by atoms with E-state index in [1.54, 1.807) is 11.5 Å². The summed E-state index contributed by atoms with van der Waals surface area (Å²) in [6.07, 6.45) is 6.12. The first-order valence-electron chi connectivity index (χ1n) is 6.00. The van der Waals surface area contributed by atoms with Crippen molar-refractivity contribution in [2.75, 3.05) is 16.8 Å². The molecule has 1 saturated carbocycles. The van der Waals surface area contributed by atoms with Crippen LogP contribution in [0, 0.1) is 0 Å². The van der Waals surface area contributed by atoms with Gasteiger partial charge in [-0.25, -0.2) is 4.98 Å². The molecule has 0 atom stereocenters. The number of anilines is 1. The summed E-state index contributed by atoms with van der Waals surface area (Å²) in [5, 5.41) is 2.12. The number of aryl methyl sites for hydroxylation is 1. The van der Waals surface area contributed by atoms with Crippen LogP contribution >= 0.6 is 27.5 Å². The maximum Gasteiger partial charge on any atom is 0.205 e. The Kier molecular flexibility index (Phi) is 4.58. The maximum absolute atomic E-state index is 4.63. The zero-order valence-corrected chi connectivity index (χ0v) is 12.1. The molecule has 0 aliphatic heterocycles. The SMILES string of the molecule is CCCc1nsc(N(CCBr)C2CCC2)n1. The molecule has 1 aromatic heterocycles. The largest absolute Gasteiger partial charge is 0.343 e. The molecule has 0 radical (unpaired) electrons. The van der Waals surface area contributed by atoms with Crippen molar-refractivity contribution in [1.29, 1.82) is 0 Å². The molecular formula is C11H18BrN3S. The number of alkyl halides is 1. The van der Waals surface area contributed by atoms with Gasteiger partial charge in [0.15, 0.2) is 0 Å². The van der Waals surface area contributed by atoms with E-state index in [1.165, 1.54) is 19.3 Å². The first-order valence-corrected chi connectivity index (χ1v) is 7.89. The first-order chi connectivity index (χ1) is 7.85. The first kappa shape index (κ1) is 12.3. The Morgan fingerprint density at radius 1 is 1.50 bits per heavy atom. The van der Waals surface area contributed by atoms with Crippen molar-refractivity contribution in [3.63, 3.8) is 0 Å². The molecule has 16 heavy (non-hydrogen) atoms. The van der Waals surface area contributed by atoms with Gasteiger partial charge >= 0.3 is 0 Å². The van der Waals surface area contributed by atoms with Crippen LogP contribution in [-0.4, -0.2) is 27.3 Å². The third-order valence-electron chi connectivity index (χ3n) is 3.02. The zero-order valence-electron chi connectivity index (χ0n) is 9.65. The Bertz CT molecular complexity index is 325. The molecule has 5 heteroatoms. The van der Waals surface area contributed by atoms with E-state index < -0.39 is 0 Å². The normalized spacial score (nSPS) is 16.1. The molecule has 0 spiro atoms. The Morgan fingerprint density at radius 3 is 2.88 bits per heavy atom. The van der Waals surface area contributed by atoms with Crippen LogP contribution in [0.4, 0.5) is 5.13 Å². The number of halogens is 1. The lowest BCUT2D eigenvalue weighted by atomic mass is 9.92. The van der Waals surface area contributed by atoms with Gasteiger partial charge in [0.1, 0.15) is 5.82 Å². The van der Waals surface area contributed by atoms with E-state index in [2.05, 4.69) is 37.1 Å². The van der Waals surface area contributed by atoms with Crippen LogP contribution in [0.3, 0.4) is 0 Å². The molecule has 2 rings (SSSR count). The smallest absolute Gasteiger partial charge is 0.205 e. The molecule has 0 saturated heterocycles. The number of nitrogens with zero attached hydrogens (tertiary/aromatic N) is 3. The summed E-state index contributed by atoms with van der Waals surface area (Å²) in [5.41, 5.74) is 0. The molecule has 0 bridgehead atoms. The average molecular weight is 304 g/mol. The van der Waals surface area contributed by atoms with E-state index in [-0.39, 0.29) is 0 Å². The highest BCUT2D eigenvalue weighted by molar-refractivity contribution is 9.09. The highest BCUT2D eigenvalue weighted by Crippen LogP contribution is 2.30. The fourth-order valence-corrected chi connectivity index (χ4v) is 3.10. The van der Waals surface area contributed by atoms with E-state index in [4.69, 9.17) is 0 Å². The standard InChI is InChI=1S/C11H18BrN3S/c1-2-4-10-13-11(16-14-10)15(8-7-12)9-5-3-6-9/h9H,2-8H2,1H3. The highest BCUT2D eigenvalue weighted by Gasteiger charge is 2.26. The second kappa shape index (κ2) is 5.96. The summed E-state index contributed by atoms with van der Waals surface area (Å²) < 4.78 is 4.42. The highest BCUT2D eigenvalue weighted by atomic mass is 79.9.